The summed E-state index contributed by atoms with van der Waals surface area (Å²) in [6.07, 6.45) is -6.63. The van der Waals surface area contributed by atoms with Crippen LogP contribution in [0.2, 0.25) is 0 Å². The highest BCUT2D eigenvalue weighted by Gasteiger charge is 2.44. The maximum absolute atomic E-state index is 14.0. The normalized spacial score (nSPS) is 27.8. The summed E-state index contributed by atoms with van der Waals surface area (Å²) in [6.45, 7) is -0.952. The van der Waals surface area contributed by atoms with Crippen LogP contribution in [0.4, 0.5) is 8.78 Å². The van der Waals surface area contributed by atoms with Crippen molar-refractivity contribution in [2.24, 2.45) is 0 Å². The van der Waals surface area contributed by atoms with Gasteiger partial charge in [-0.2, -0.15) is 0 Å². The number of halogens is 2. The van der Waals surface area contributed by atoms with Gasteiger partial charge in [-0.05, 0) is 28.3 Å². The first-order chi connectivity index (χ1) is 13.3. The van der Waals surface area contributed by atoms with Gasteiger partial charge in [-0.3, -0.25) is 0 Å². The molecule has 8 heteroatoms. The predicted octanol–water partition coefficient (Wildman–Crippen LogP) is 0.563. The van der Waals surface area contributed by atoms with Crippen molar-refractivity contribution in [2.45, 2.75) is 43.5 Å². The molecule has 28 heavy (non-hydrogen) atoms. The zero-order valence-electron chi connectivity index (χ0n) is 14.9. The number of hydrogen-bond donors (Lipinski definition) is 5. The Hall–Kier alpha value is -1.94. The quantitative estimate of drug-likeness (QED) is 0.505. The fraction of sp³-hybridized carbons (Fsp3) is 0.400. The molecule has 0 spiro atoms. The molecule has 5 N–H and O–H groups in total. The molecule has 6 nitrogen and oxygen atoms in total. The largest absolute Gasteiger partial charge is 0.394 e. The molecule has 0 aliphatic carbocycles. The van der Waals surface area contributed by atoms with Crippen LogP contribution in [0.5, 0.6) is 0 Å². The third-order valence-electron chi connectivity index (χ3n) is 4.99. The zero-order valence-corrected chi connectivity index (χ0v) is 14.9. The molecule has 1 aliphatic rings. The molecular weight excluding hydrogens is 374 g/mol. The Morgan fingerprint density at radius 3 is 2.21 bits per heavy atom. The van der Waals surface area contributed by atoms with Crippen molar-refractivity contribution in [1.29, 1.82) is 0 Å². The lowest BCUT2D eigenvalue weighted by atomic mass is 9.88. The van der Waals surface area contributed by atoms with Gasteiger partial charge in [0.15, 0.2) is 0 Å². The molecule has 0 unspecified atom stereocenters. The summed E-state index contributed by atoms with van der Waals surface area (Å²) in [6, 6.07) is 8.09. The Kier molecular flexibility index (Phi) is 6.39. The van der Waals surface area contributed by atoms with Crippen LogP contribution in [0.25, 0.3) is 0 Å². The van der Waals surface area contributed by atoms with Gasteiger partial charge >= 0.3 is 0 Å². The van der Waals surface area contributed by atoms with Crippen LogP contribution in [-0.2, 0) is 17.8 Å². The van der Waals surface area contributed by atoms with Crippen LogP contribution < -0.4 is 0 Å². The molecular formula is C20H22F2O6. The van der Waals surface area contributed by atoms with Gasteiger partial charge in [-0.25, -0.2) is 8.78 Å². The minimum absolute atomic E-state index is 0.127. The Morgan fingerprint density at radius 2 is 1.57 bits per heavy atom. The molecule has 1 saturated heterocycles. The topological polar surface area (TPSA) is 110 Å². The summed E-state index contributed by atoms with van der Waals surface area (Å²) in [5, 5.41) is 49.3. The van der Waals surface area contributed by atoms with Gasteiger partial charge in [0.2, 0.25) is 0 Å². The van der Waals surface area contributed by atoms with Crippen molar-refractivity contribution in [2.75, 3.05) is 6.61 Å². The maximum Gasteiger partial charge on any atom is 0.129 e. The minimum Gasteiger partial charge on any atom is -0.394 e. The van der Waals surface area contributed by atoms with E-state index in [-0.39, 0.29) is 18.6 Å². The van der Waals surface area contributed by atoms with E-state index >= 15 is 0 Å². The number of hydrogen-bond acceptors (Lipinski definition) is 6. The SMILES string of the molecule is OCc1ccc(Cc2ccc(F)cc2F)cc1[C@@H]1O[C@H](CO)[C@@H](O)[C@H](O)[C@H]1O. The second-order valence-corrected chi connectivity index (χ2v) is 6.85. The Bertz CT molecular complexity index is 828. The fourth-order valence-corrected chi connectivity index (χ4v) is 3.41. The summed E-state index contributed by atoms with van der Waals surface area (Å²) >= 11 is 0. The molecule has 0 radical (unpaired) electrons. The van der Waals surface area contributed by atoms with Gasteiger partial charge in [-0.1, -0.05) is 24.3 Å². The smallest absolute Gasteiger partial charge is 0.129 e. The van der Waals surface area contributed by atoms with Gasteiger partial charge in [0, 0.05) is 12.5 Å². The maximum atomic E-state index is 14.0. The van der Waals surface area contributed by atoms with Gasteiger partial charge < -0.3 is 30.3 Å². The van der Waals surface area contributed by atoms with Gasteiger partial charge in [0.05, 0.1) is 13.2 Å². The van der Waals surface area contributed by atoms with E-state index in [2.05, 4.69) is 0 Å². The highest BCUT2D eigenvalue weighted by atomic mass is 19.1. The van der Waals surface area contributed by atoms with Crippen LogP contribution in [-0.4, -0.2) is 56.6 Å². The summed E-state index contributed by atoms with van der Waals surface area (Å²) < 4.78 is 32.6. The molecule has 1 aliphatic heterocycles. The zero-order chi connectivity index (χ0) is 20.4. The molecule has 0 amide bonds. The lowest BCUT2D eigenvalue weighted by Crippen LogP contribution is -2.55. The molecule has 2 aromatic carbocycles. The summed E-state index contributed by atoms with van der Waals surface area (Å²) in [5.41, 5.74) is 1.62. The molecule has 1 heterocycles. The number of rotatable bonds is 5. The monoisotopic (exact) mass is 396 g/mol. The lowest BCUT2D eigenvalue weighted by molar-refractivity contribution is -0.232. The molecule has 1 fully saturated rings. The Morgan fingerprint density at radius 1 is 0.857 bits per heavy atom. The van der Waals surface area contributed by atoms with E-state index in [9.17, 15) is 34.3 Å². The summed E-state index contributed by atoms with van der Waals surface area (Å²) in [7, 11) is 0. The third-order valence-corrected chi connectivity index (χ3v) is 4.99. The lowest BCUT2D eigenvalue weighted by Gasteiger charge is -2.40. The predicted molar refractivity (Wildman–Crippen MR) is 94.2 cm³/mol. The Balaban J connectivity index is 1.94. The molecule has 3 rings (SSSR count). The highest BCUT2D eigenvalue weighted by molar-refractivity contribution is 5.37. The first-order valence-electron chi connectivity index (χ1n) is 8.82. The van der Waals surface area contributed by atoms with Gasteiger partial charge in [-0.15, -0.1) is 0 Å². The minimum atomic E-state index is -1.55. The molecule has 152 valence electrons. The third kappa shape index (κ3) is 4.07. The second kappa shape index (κ2) is 8.60. The summed E-state index contributed by atoms with van der Waals surface area (Å²) in [5.74, 6) is -1.38. The molecule has 2 aromatic rings. The van der Waals surface area contributed by atoms with E-state index in [1.807, 2.05) is 0 Å². The van der Waals surface area contributed by atoms with Crippen molar-refractivity contribution in [3.05, 3.63) is 70.3 Å². The first-order valence-corrected chi connectivity index (χ1v) is 8.82. The molecule has 0 bridgehead atoms. The van der Waals surface area contributed by atoms with E-state index in [0.717, 1.165) is 12.1 Å². The van der Waals surface area contributed by atoms with Crippen LogP contribution in [0.1, 0.15) is 28.4 Å². The van der Waals surface area contributed by atoms with Crippen LogP contribution in [0, 0.1) is 11.6 Å². The first kappa shape index (κ1) is 20.8. The van der Waals surface area contributed by atoms with Crippen molar-refractivity contribution in [3.8, 4) is 0 Å². The van der Waals surface area contributed by atoms with Gasteiger partial charge in [0.25, 0.3) is 0 Å². The molecule has 0 aromatic heterocycles. The van der Waals surface area contributed by atoms with Crippen molar-refractivity contribution in [1.82, 2.24) is 0 Å². The van der Waals surface area contributed by atoms with Crippen LogP contribution in [0.3, 0.4) is 0 Å². The van der Waals surface area contributed by atoms with Crippen molar-refractivity contribution < 1.29 is 39.1 Å². The van der Waals surface area contributed by atoms with E-state index in [1.165, 1.54) is 6.07 Å². The number of ether oxygens (including phenoxy) is 1. The van der Waals surface area contributed by atoms with Gasteiger partial charge in [0.1, 0.15) is 42.2 Å². The average molecular weight is 396 g/mol. The number of benzene rings is 2. The fourth-order valence-electron chi connectivity index (χ4n) is 3.41. The number of aliphatic hydroxyl groups excluding tert-OH is 5. The van der Waals surface area contributed by atoms with E-state index < -0.39 is 48.8 Å². The molecule has 0 saturated carbocycles. The van der Waals surface area contributed by atoms with Crippen LogP contribution >= 0.6 is 0 Å². The van der Waals surface area contributed by atoms with E-state index in [0.29, 0.717) is 16.7 Å². The van der Waals surface area contributed by atoms with E-state index in [4.69, 9.17) is 4.74 Å². The van der Waals surface area contributed by atoms with Crippen molar-refractivity contribution in [3.63, 3.8) is 0 Å². The highest BCUT2D eigenvalue weighted by Crippen LogP contribution is 2.35. The van der Waals surface area contributed by atoms with Crippen molar-refractivity contribution >= 4 is 0 Å². The Labute approximate surface area is 160 Å². The number of aliphatic hydroxyl groups is 5. The second-order valence-electron chi connectivity index (χ2n) is 6.85. The van der Waals surface area contributed by atoms with E-state index in [1.54, 1.807) is 18.2 Å². The standard InChI is InChI=1S/C20H22F2O6/c21-13-4-3-11(15(22)7-13)5-10-1-2-12(8-23)14(6-10)20-19(27)18(26)17(25)16(9-24)28-20/h1-4,6-7,16-20,23-27H,5,8-9H2/t16-,17-,18+,19-,20+/m1/s1. The summed E-state index contributed by atoms with van der Waals surface area (Å²) in [4.78, 5) is 0. The van der Waals surface area contributed by atoms with Crippen LogP contribution in [0.15, 0.2) is 36.4 Å². The average Bonchev–Trinajstić information content (AvgIpc) is 2.68. The molecule has 5 atom stereocenters.